The van der Waals surface area contributed by atoms with Gasteiger partial charge in [-0.2, -0.15) is 0 Å². The van der Waals surface area contributed by atoms with Crippen molar-refractivity contribution in [2.24, 2.45) is 0 Å². The van der Waals surface area contributed by atoms with Gasteiger partial charge in [-0.25, -0.2) is 14.5 Å². The molecule has 1 aliphatic rings. The van der Waals surface area contributed by atoms with E-state index < -0.39 is 0 Å². The van der Waals surface area contributed by atoms with Crippen molar-refractivity contribution in [1.29, 1.82) is 0 Å². The van der Waals surface area contributed by atoms with Crippen LogP contribution in [0.1, 0.15) is 32.1 Å². The first-order valence-corrected chi connectivity index (χ1v) is 5.78. The molecule has 92 valence electrons. The van der Waals surface area contributed by atoms with Crippen molar-refractivity contribution in [3.63, 3.8) is 0 Å². The maximum absolute atomic E-state index is 11.7. The molecule has 0 unspecified atom stereocenters. The molecule has 0 spiro atoms. The van der Waals surface area contributed by atoms with Gasteiger partial charge in [0.15, 0.2) is 0 Å². The normalized spacial score (nSPS) is 16.7. The Balaban J connectivity index is 2.41. The van der Waals surface area contributed by atoms with E-state index in [9.17, 15) is 9.59 Å². The third-order valence-electron chi connectivity index (χ3n) is 2.91. The lowest BCUT2D eigenvalue weighted by atomic mass is 9.96. The van der Waals surface area contributed by atoms with Gasteiger partial charge >= 0.3 is 12.1 Å². The van der Waals surface area contributed by atoms with Gasteiger partial charge in [0, 0.05) is 27.2 Å². The van der Waals surface area contributed by atoms with E-state index in [-0.39, 0.29) is 18.1 Å². The Labute approximate surface area is 96.8 Å². The van der Waals surface area contributed by atoms with E-state index in [1.54, 1.807) is 14.1 Å². The molecule has 4 amide bonds. The van der Waals surface area contributed by atoms with Gasteiger partial charge in [0.05, 0.1) is 0 Å². The Hall–Kier alpha value is -1.26. The summed E-state index contributed by atoms with van der Waals surface area (Å²) in [7, 11) is 4.76. The van der Waals surface area contributed by atoms with Crippen LogP contribution < -0.4 is 5.32 Å². The molecule has 1 fully saturated rings. The minimum atomic E-state index is -0.300. The minimum absolute atomic E-state index is 0.235. The Bertz CT molecular complexity index is 260. The first-order valence-electron chi connectivity index (χ1n) is 5.78. The molecule has 1 saturated carbocycles. The van der Waals surface area contributed by atoms with Crippen molar-refractivity contribution in [3.8, 4) is 0 Å². The monoisotopic (exact) mass is 227 g/mol. The van der Waals surface area contributed by atoms with Crippen LogP contribution >= 0.6 is 0 Å². The fourth-order valence-electron chi connectivity index (χ4n) is 1.91. The summed E-state index contributed by atoms with van der Waals surface area (Å²) in [5, 5.41) is 2.89. The van der Waals surface area contributed by atoms with Crippen LogP contribution in [-0.4, -0.2) is 49.0 Å². The highest BCUT2D eigenvalue weighted by atomic mass is 16.2. The Kier molecular flexibility index (Phi) is 4.58. The zero-order chi connectivity index (χ0) is 12.1. The molecule has 0 atom stereocenters. The molecule has 0 aromatic heterocycles. The van der Waals surface area contributed by atoms with E-state index in [4.69, 9.17) is 0 Å². The molecule has 0 radical (unpaired) electrons. The number of hydrogen-bond donors (Lipinski definition) is 1. The van der Waals surface area contributed by atoms with Gasteiger partial charge in [0.2, 0.25) is 0 Å². The predicted octanol–water partition coefficient (Wildman–Crippen LogP) is 1.64. The van der Waals surface area contributed by atoms with Gasteiger partial charge in [0.1, 0.15) is 0 Å². The van der Waals surface area contributed by atoms with Gasteiger partial charge in [-0.15, -0.1) is 0 Å². The van der Waals surface area contributed by atoms with Crippen LogP contribution in [0.4, 0.5) is 9.59 Å². The summed E-state index contributed by atoms with van der Waals surface area (Å²) in [5.41, 5.74) is 0. The van der Waals surface area contributed by atoms with Crippen LogP contribution in [0.2, 0.25) is 0 Å². The molecule has 0 aliphatic heterocycles. The largest absolute Gasteiger partial charge is 0.335 e. The molecule has 1 rings (SSSR count). The van der Waals surface area contributed by atoms with E-state index in [1.165, 1.54) is 18.4 Å². The minimum Gasteiger partial charge on any atom is -0.335 e. The van der Waals surface area contributed by atoms with Crippen LogP contribution in [0, 0.1) is 0 Å². The summed E-state index contributed by atoms with van der Waals surface area (Å²) in [6, 6.07) is -0.363. The van der Waals surface area contributed by atoms with Gasteiger partial charge in [-0.05, 0) is 12.8 Å². The number of rotatable bonds is 1. The number of carbonyl (C=O) groups excluding carboxylic acids is 2. The van der Waals surface area contributed by atoms with E-state index >= 15 is 0 Å². The second-order valence-electron chi connectivity index (χ2n) is 4.52. The smallest absolute Gasteiger partial charge is 0.327 e. The number of imide groups is 1. The number of urea groups is 2. The molecule has 16 heavy (non-hydrogen) atoms. The highest BCUT2D eigenvalue weighted by Gasteiger charge is 2.22. The molecule has 1 aliphatic carbocycles. The van der Waals surface area contributed by atoms with Crippen molar-refractivity contribution in [1.82, 2.24) is 15.1 Å². The highest BCUT2D eigenvalue weighted by Crippen LogP contribution is 2.17. The van der Waals surface area contributed by atoms with E-state index in [1.807, 2.05) is 0 Å². The quantitative estimate of drug-likeness (QED) is 0.740. The van der Waals surface area contributed by atoms with E-state index in [0.717, 1.165) is 30.6 Å². The van der Waals surface area contributed by atoms with Crippen LogP contribution in [0.15, 0.2) is 0 Å². The van der Waals surface area contributed by atoms with E-state index in [2.05, 4.69) is 5.32 Å². The summed E-state index contributed by atoms with van der Waals surface area (Å²) in [6.07, 6.45) is 5.62. The molecule has 0 aromatic carbocycles. The molecular weight excluding hydrogens is 206 g/mol. The predicted molar refractivity (Wildman–Crippen MR) is 62.3 cm³/mol. The summed E-state index contributed by atoms with van der Waals surface area (Å²) in [6.45, 7) is 0. The molecular formula is C11H21N3O2. The molecule has 0 bridgehead atoms. The molecule has 0 heterocycles. The Morgan fingerprint density at radius 2 is 1.62 bits per heavy atom. The number of hydrogen-bond acceptors (Lipinski definition) is 2. The first-order chi connectivity index (χ1) is 7.52. The standard InChI is InChI=1S/C11H21N3O2/c1-13(2)11(16)14(3)10(15)12-9-7-5-4-6-8-9/h9H,4-8H2,1-3H3,(H,12,15). The lowest BCUT2D eigenvalue weighted by Gasteiger charge is -2.26. The zero-order valence-corrected chi connectivity index (χ0v) is 10.3. The van der Waals surface area contributed by atoms with Crippen LogP contribution in [-0.2, 0) is 0 Å². The van der Waals surface area contributed by atoms with Crippen LogP contribution in [0.5, 0.6) is 0 Å². The molecule has 5 heteroatoms. The van der Waals surface area contributed by atoms with E-state index in [0.29, 0.717) is 0 Å². The molecule has 0 saturated heterocycles. The van der Waals surface area contributed by atoms with Gasteiger partial charge < -0.3 is 10.2 Å². The average molecular weight is 227 g/mol. The fraction of sp³-hybridized carbons (Fsp3) is 0.818. The summed E-state index contributed by atoms with van der Waals surface area (Å²) >= 11 is 0. The lowest BCUT2D eigenvalue weighted by molar-refractivity contribution is 0.173. The van der Waals surface area contributed by atoms with Crippen molar-refractivity contribution in [2.45, 2.75) is 38.1 Å². The Morgan fingerprint density at radius 1 is 1.06 bits per heavy atom. The molecule has 5 nitrogen and oxygen atoms in total. The fourth-order valence-corrected chi connectivity index (χ4v) is 1.91. The summed E-state index contributed by atoms with van der Waals surface area (Å²) < 4.78 is 0. The average Bonchev–Trinajstić information content (AvgIpc) is 2.28. The highest BCUT2D eigenvalue weighted by molar-refractivity contribution is 5.93. The number of carbonyl (C=O) groups is 2. The lowest BCUT2D eigenvalue weighted by Crippen LogP contribution is -2.49. The van der Waals surface area contributed by atoms with Crippen molar-refractivity contribution < 1.29 is 9.59 Å². The number of amides is 4. The van der Waals surface area contributed by atoms with Crippen LogP contribution in [0.3, 0.4) is 0 Å². The van der Waals surface area contributed by atoms with Crippen molar-refractivity contribution >= 4 is 12.1 Å². The van der Waals surface area contributed by atoms with Crippen molar-refractivity contribution in [2.75, 3.05) is 21.1 Å². The summed E-state index contributed by atoms with van der Waals surface area (Å²) in [5.74, 6) is 0. The third kappa shape index (κ3) is 3.40. The topological polar surface area (TPSA) is 52.7 Å². The van der Waals surface area contributed by atoms with Crippen LogP contribution in [0.25, 0.3) is 0 Å². The maximum atomic E-state index is 11.7. The SMILES string of the molecule is CN(C)C(=O)N(C)C(=O)NC1CCCCC1. The second kappa shape index (κ2) is 5.72. The van der Waals surface area contributed by atoms with Gasteiger partial charge in [-0.1, -0.05) is 19.3 Å². The van der Waals surface area contributed by atoms with Gasteiger partial charge in [-0.3, -0.25) is 0 Å². The number of nitrogens with one attached hydrogen (secondary N) is 1. The Morgan fingerprint density at radius 3 is 2.12 bits per heavy atom. The molecule has 1 N–H and O–H groups in total. The first kappa shape index (κ1) is 12.8. The second-order valence-corrected chi connectivity index (χ2v) is 4.52. The summed E-state index contributed by atoms with van der Waals surface area (Å²) in [4.78, 5) is 25.8. The third-order valence-corrected chi connectivity index (χ3v) is 2.91. The van der Waals surface area contributed by atoms with Crippen molar-refractivity contribution in [3.05, 3.63) is 0 Å². The maximum Gasteiger partial charge on any atom is 0.327 e. The van der Waals surface area contributed by atoms with Gasteiger partial charge in [0.25, 0.3) is 0 Å². The molecule has 0 aromatic rings. The zero-order valence-electron chi connectivity index (χ0n) is 10.3. The number of nitrogens with zero attached hydrogens (tertiary/aromatic N) is 2.